The third-order valence-electron chi connectivity index (χ3n) is 19.3. The van der Waals surface area contributed by atoms with Crippen LogP contribution in [0.3, 0.4) is 0 Å². The quantitative estimate of drug-likeness (QED) is 0.0642. The van der Waals surface area contributed by atoms with Crippen LogP contribution in [0.5, 0.6) is 0 Å². The van der Waals surface area contributed by atoms with Crippen molar-refractivity contribution in [2.45, 2.75) is 171 Å². The number of oxime groups is 3. The van der Waals surface area contributed by atoms with Crippen molar-refractivity contribution in [3.05, 3.63) is 12.2 Å². The molecule has 12 nitrogen and oxygen atoms in total. The molecule has 13 heteroatoms. The largest absolute Gasteiger partial charge is 0.411 e. The number of allylic oxidation sites excluding steroid dienone is 2. The summed E-state index contributed by atoms with van der Waals surface area (Å²) < 4.78 is 5.50. The van der Waals surface area contributed by atoms with Gasteiger partial charge in [-0.15, -0.1) is 12.4 Å². The Morgan fingerprint density at radius 3 is 1.35 bits per heavy atom. The molecule has 4 spiro atoms. The molecule has 13 aliphatic rings. The summed E-state index contributed by atoms with van der Waals surface area (Å²) in [6, 6.07) is 0.230. The number of fused-ring (bicyclic) bond motifs is 13. The minimum Gasteiger partial charge on any atom is -0.411 e. The van der Waals surface area contributed by atoms with Gasteiger partial charge in [-0.1, -0.05) is 27.6 Å². The SMILES string of the molecule is Cl.N[C@@H]1[C@@H]2CC[C@@H](C2)C12C[C@H](O)[C@@H](O)C2.O/N=C1/[C@@H]2CC[C@@H](C2)C12CC1OC1C2.O/N=C1/[C@@H]2CC[C@@H](C2)C12CC=CC2.O/N=C1/[C@@H]2CC[C@@H](C2)C12C[C@H](O)[C@@H](O)C2. The number of rotatable bonds is 0. The van der Waals surface area contributed by atoms with E-state index in [9.17, 15) is 20.4 Å². The molecule has 11 saturated carbocycles. The molecule has 0 aromatic rings. The van der Waals surface area contributed by atoms with Gasteiger partial charge in [0.15, 0.2) is 0 Å². The molecule has 2 unspecified atom stereocenters. The van der Waals surface area contributed by atoms with E-state index in [1.54, 1.807) is 0 Å². The lowest BCUT2D eigenvalue weighted by Gasteiger charge is -2.39. The highest BCUT2D eigenvalue weighted by Crippen LogP contribution is 2.66. The number of epoxide rings is 1. The normalized spacial score (nSPS) is 51.2. The first-order valence-corrected chi connectivity index (χ1v) is 22.5. The number of ether oxygens (including phenoxy) is 1. The average Bonchev–Trinajstić information content (AvgIpc) is 4.04. The molecule has 1 aliphatic heterocycles. The molecule has 15 atom stereocenters. The summed E-state index contributed by atoms with van der Waals surface area (Å²) in [5, 5.41) is 76.7. The number of nitrogens with two attached hydrogens (primary N) is 1. The van der Waals surface area contributed by atoms with E-state index in [-0.39, 0.29) is 40.1 Å². The van der Waals surface area contributed by atoms with Gasteiger partial charge in [0.1, 0.15) is 0 Å². The van der Waals surface area contributed by atoms with Crippen molar-refractivity contribution >= 4 is 29.5 Å². The monoisotopic (exact) mass is 814 g/mol. The molecular formula is C44H67ClN4O8. The fourth-order valence-electron chi connectivity index (χ4n) is 16.7. The summed E-state index contributed by atoms with van der Waals surface area (Å²) in [7, 11) is 0. The van der Waals surface area contributed by atoms with Gasteiger partial charge < -0.3 is 46.5 Å². The van der Waals surface area contributed by atoms with Crippen LogP contribution in [0, 0.1) is 69.0 Å². The molecular weight excluding hydrogens is 748 g/mol. The van der Waals surface area contributed by atoms with E-state index in [4.69, 9.17) is 26.1 Å². The smallest absolute Gasteiger partial charge is 0.0851 e. The number of nitrogens with zero attached hydrogens (tertiary/aromatic N) is 3. The molecule has 9 N–H and O–H groups in total. The van der Waals surface area contributed by atoms with Gasteiger partial charge in [0.25, 0.3) is 0 Å². The van der Waals surface area contributed by atoms with Crippen molar-refractivity contribution in [3.8, 4) is 0 Å². The van der Waals surface area contributed by atoms with E-state index in [2.05, 4.69) is 27.6 Å². The predicted octanol–water partition coefficient (Wildman–Crippen LogP) is 5.79. The number of halogens is 1. The van der Waals surface area contributed by atoms with Crippen molar-refractivity contribution in [2.75, 3.05) is 0 Å². The third kappa shape index (κ3) is 5.98. The fourth-order valence-corrected chi connectivity index (χ4v) is 16.7. The van der Waals surface area contributed by atoms with Crippen LogP contribution in [0.25, 0.3) is 0 Å². The highest BCUT2D eigenvalue weighted by Gasteiger charge is 2.67. The second-order valence-corrected chi connectivity index (χ2v) is 21.2. The Morgan fingerprint density at radius 1 is 0.509 bits per heavy atom. The van der Waals surface area contributed by atoms with Gasteiger partial charge in [0.2, 0.25) is 0 Å². The molecule has 0 radical (unpaired) electrons. The Bertz CT molecular complexity index is 1630. The summed E-state index contributed by atoms with van der Waals surface area (Å²) in [5.41, 5.74) is 9.80. The summed E-state index contributed by atoms with van der Waals surface area (Å²) in [6.45, 7) is 0. The zero-order valence-corrected chi connectivity index (χ0v) is 34.1. The zero-order chi connectivity index (χ0) is 38.8. The maximum Gasteiger partial charge on any atom is 0.0851 e. The molecule has 8 bridgehead atoms. The molecule has 0 aromatic carbocycles. The lowest BCUT2D eigenvalue weighted by Crippen LogP contribution is -2.45. The molecule has 12 aliphatic carbocycles. The van der Waals surface area contributed by atoms with Crippen molar-refractivity contribution in [1.82, 2.24) is 0 Å². The average molecular weight is 815 g/mol. The van der Waals surface area contributed by atoms with Crippen LogP contribution >= 0.6 is 12.4 Å². The summed E-state index contributed by atoms with van der Waals surface area (Å²) >= 11 is 0. The Kier molecular flexibility index (Phi) is 10.5. The van der Waals surface area contributed by atoms with E-state index in [1.165, 1.54) is 57.8 Å². The molecule has 13 rings (SSSR count). The van der Waals surface area contributed by atoms with Crippen molar-refractivity contribution in [2.24, 2.45) is 90.2 Å². The Hall–Kier alpha value is -1.80. The van der Waals surface area contributed by atoms with Crippen molar-refractivity contribution in [1.29, 1.82) is 0 Å². The standard InChI is InChI=1S/C11H17NO3.C11H15NO2.C11H19NO2.C11H15NO.ClH/c13-8-4-11(5-9(8)14)7-2-1-6(3-7)10(11)12-15;13-12-10-6-1-2-7(3-6)11(10)4-8-9(5-11)14-8;12-10-6-1-2-7(3-6)11(10)4-8(13)9(14)5-11;13-12-10-8-3-4-9(7-8)11(10)5-1-2-6-11;/h6-9,13-15H,1-5H2;6-9,13H,1-5H2;6-10,13-14H,1-5,12H2;1-2,8-9,13H,3-7H2;1H/b2*12-10-;;12-10-;/t6-,7+,8+,9+;6-,7+,8?,9?,11?;6-,7+,8+,9+,10-;8-,9+;/m1111./s1. The fraction of sp³-hybridized carbons (Fsp3) is 0.886. The minimum absolute atomic E-state index is 0. The van der Waals surface area contributed by atoms with Crippen molar-refractivity contribution < 1.29 is 40.8 Å². The first kappa shape index (κ1) is 40.6. The van der Waals surface area contributed by atoms with Gasteiger partial charge in [-0.3, -0.25) is 0 Å². The summed E-state index contributed by atoms with van der Waals surface area (Å²) in [4.78, 5) is 0. The van der Waals surface area contributed by atoms with Crippen LogP contribution in [-0.2, 0) is 4.74 Å². The van der Waals surface area contributed by atoms with Gasteiger partial charge in [0.05, 0.1) is 53.8 Å². The maximum atomic E-state index is 9.68. The van der Waals surface area contributed by atoms with Gasteiger partial charge >= 0.3 is 0 Å². The second-order valence-electron chi connectivity index (χ2n) is 21.2. The van der Waals surface area contributed by atoms with E-state index >= 15 is 0 Å². The van der Waals surface area contributed by atoms with Crippen LogP contribution in [0.2, 0.25) is 0 Å². The molecule has 1 saturated heterocycles. The first-order valence-electron chi connectivity index (χ1n) is 22.5. The van der Waals surface area contributed by atoms with E-state index < -0.39 is 24.4 Å². The first-order chi connectivity index (χ1) is 27.0. The maximum absolute atomic E-state index is 9.68. The number of hydrogen-bond acceptors (Lipinski definition) is 12. The second kappa shape index (κ2) is 14.7. The Labute approximate surface area is 342 Å². The highest BCUT2D eigenvalue weighted by atomic mass is 35.5. The van der Waals surface area contributed by atoms with Crippen LogP contribution < -0.4 is 5.73 Å². The highest BCUT2D eigenvalue weighted by molar-refractivity contribution is 5.97. The third-order valence-corrected chi connectivity index (χ3v) is 19.3. The number of hydrogen-bond donors (Lipinski definition) is 8. The lowest BCUT2D eigenvalue weighted by atomic mass is 9.69. The zero-order valence-electron chi connectivity index (χ0n) is 33.3. The van der Waals surface area contributed by atoms with Crippen LogP contribution in [0.1, 0.15) is 128 Å². The lowest BCUT2D eigenvalue weighted by molar-refractivity contribution is 0.0438. The van der Waals surface area contributed by atoms with Gasteiger partial charge in [-0.25, -0.2) is 0 Å². The van der Waals surface area contributed by atoms with E-state index in [1.807, 2.05) is 0 Å². The summed E-state index contributed by atoms with van der Waals surface area (Å²) in [5.74, 6) is 5.06. The minimum atomic E-state index is -0.638. The summed E-state index contributed by atoms with van der Waals surface area (Å²) in [6.07, 6.45) is 25.2. The van der Waals surface area contributed by atoms with Crippen LogP contribution in [0.15, 0.2) is 27.6 Å². The Balaban J connectivity index is 0.0000000984. The van der Waals surface area contributed by atoms with E-state index in [0.717, 1.165) is 86.8 Å². The topological polar surface area (TPSA) is 217 Å². The number of aliphatic hydroxyl groups is 4. The molecule has 1 heterocycles. The Morgan fingerprint density at radius 2 is 0.912 bits per heavy atom. The van der Waals surface area contributed by atoms with Gasteiger partial charge in [-0.05, 0) is 163 Å². The predicted molar refractivity (Wildman–Crippen MR) is 215 cm³/mol. The van der Waals surface area contributed by atoms with Crippen LogP contribution in [-0.4, -0.2) is 95.8 Å². The molecule has 0 amide bonds. The number of aliphatic hydroxyl groups excluding tert-OH is 4. The van der Waals surface area contributed by atoms with Crippen molar-refractivity contribution in [3.63, 3.8) is 0 Å². The molecule has 318 valence electrons. The van der Waals surface area contributed by atoms with E-state index in [0.29, 0.717) is 60.6 Å². The molecule has 57 heavy (non-hydrogen) atoms. The van der Waals surface area contributed by atoms with Gasteiger partial charge in [-0.2, -0.15) is 0 Å². The van der Waals surface area contributed by atoms with Gasteiger partial charge in [0, 0.05) is 40.0 Å². The molecule has 12 fully saturated rings. The van der Waals surface area contributed by atoms with Crippen LogP contribution in [0.4, 0.5) is 0 Å². The molecule has 0 aromatic heterocycles.